The van der Waals surface area contributed by atoms with Crippen molar-refractivity contribution < 1.29 is 0 Å². The van der Waals surface area contributed by atoms with Crippen molar-refractivity contribution in [3.8, 4) is 0 Å². The fourth-order valence-electron chi connectivity index (χ4n) is 5.91. The second-order valence-corrected chi connectivity index (χ2v) is 14.3. The van der Waals surface area contributed by atoms with Crippen LogP contribution >= 0.6 is 15.8 Å². The maximum atomic E-state index is 2.48. The lowest BCUT2D eigenvalue weighted by Crippen LogP contribution is -2.48. The lowest BCUT2D eigenvalue weighted by atomic mass is 9.85. The normalized spacial score (nSPS) is 20.5. The van der Waals surface area contributed by atoms with Gasteiger partial charge >= 0.3 is 0 Å². The Morgan fingerprint density at radius 1 is 0.588 bits per heavy atom. The molecule has 0 saturated heterocycles. The minimum absolute atomic E-state index is 0.285. The topological polar surface area (TPSA) is 0 Å². The first-order valence-corrected chi connectivity index (χ1v) is 15.4. The van der Waals surface area contributed by atoms with Crippen molar-refractivity contribution in [1.29, 1.82) is 0 Å². The van der Waals surface area contributed by atoms with Crippen LogP contribution < -0.4 is 21.2 Å². The third kappa shape index (κ3) is 4.64. The van der Waals surface area contributed by atoms with E-state index in [2.05, 4.69) is 128 Å². The maximum Gasteiger partial charge on any atom is 0.00564 e. The van der Waals surface area contributed by atoms with Crippen LogP contribution in [0.15, 0.2) is 121 Å². The largest absolute Gasteiger partial charge is 0.0645 e. The first-order valence-electron chi connectivity index (χ1n) is 12.6. The molecule has 0 nitrogen and oxygen atoms in total. The minimum Gasteiger partial charge on any atom is -0.0645 e. The van der Waals surface area contributed by atoms with Crippen molar-refractivity contribution in [1.82, 2.24) is 0 Å². The molecule has 1 saturated carbocycles. The van der Waals surface area contributed by atoms with Crippen molar-refractivity contribution in [3.05, 3.63) is 121 Å². The van der Waals surface area contributed by atoms with E-state index in [1.54, 1.807) is 0 Å². The van der Waals surface area contributed by atoms with E-state index in [9.17, 15) is 0 Å². The van der Waals surface area contributed by atoms with Gasteiger partial charge in [-0.05, 0) is 62.0 Å². The molecule has 4 aromatic rings. The summed E-state index contributed by atoms with van der Waals surface area (Å²) in [4.78, 5) is 0. The van der Waals surface area contributed by atoms with E-state index in [1.807, 2.05) is 0 Å². The van der Waals surface area contributed by atoms with Crippen molar-refractivity contribution in [3.63, 3.8) is 0 Å². The molecule has 0 heterocycles. The van der Waals surface area contributed by atoms with Crippen LogP contribution in [0, 0.1) is 0 Å². The van der Waals surface area contributed by atoms with Gasteiger partial charge in [0.2, 0.25) is 0 Å². The highest BCUT2D eigenvalue weighted by Gasteiger charge is 2.49. The Bertz CT molecular complexity index is 1070. The third-order valence-corrected chi connectivity index (χ3v) is 14.1. The number of benzene rings is 4. The molecule has 0 bridgehead atoms. The molecule has 0 unspecified atom stereocenters. The molecule has 0 aromatic heterocycles. The molecule has 4 aromatic carbocycles. The third-order valence-electron chi connectivity index (χ3n) is 7.42. The van der Waals surface area contributed by atoms with Crippen LogP contribution in [0.4, 0.5) is 0 Å². The molecular weight excluding hydrogens is 446 g/mol. The van der Waals surface area contributed by atoms with Gasteiger partial charge in [0.15, 0.2) is 0 Å². The van der Waals surface area contributed by atoms with E-state index in [0.717, 1.165) is 0 Å². The van der Waals surface area contributed by atoms with Gasteiger partial charge in [0.25, 0.3) is 0 Å². The lowest BCUT2D eigenvalue weighted by Gasteiger charge is -2.52. The molecule has 2 atom stereocenters. The van der Waals surface area contributed by atoms with Crippen LogP contribution in [0.25, 0.3) is 0 Å². The van der Waals surface area contributed by atoms with Gasteiger partial charge in [0, 0.05) is 5.16 Å². The summed E-state index contributed by atoms with van der Waals surface area (Å²) >= 11 is 0. The van der Waals surface area contributed by atoms with Crippen molar-refractivity contribution >= 4 is 37.1 Å². The Balaban J connectivity index is 1.71. The highest BCUT2D eigenvalue weighted by Crippen LogP contribution is 2.64. The molecular formula is C32H34P2. The number of rotatable bonds is 7. The quantitative estimate of drug-likeness (QED) is 0.243. The second kappa shape index (κ2) is 11.0. The Labute approximate surface area is 208 Å². The Hall–Kier alpha value is -2.26. The zero-order valence-corrected chi connectivity index (χ0v) is 21.8. The predicted octanol–water partition coefficient (Wildman–Crippen LogP) is 7.34. The molecule has 0 N–H and O–H groups in total. The smallest absolute Gasteiger partial charge is 0.00564 e. The van der Waals surface area contributed by atoms with Gasteiger partial charge < -0.3 is 0 Å². The highest BCUT2D eigenvalue weighted by molar-refractivity contribution is 7.78. The van der Waals surface area contributed by atoms with E-state index in [-0.39, 0.29) is 5.16 Å². The SMILES string of the molecule is CC[C@]1(P(c2ccccc2)c2ccccc2)CCCC[C@H]1P(c1ccccc1)c1ccccc1. The van der Waals surface area contributed by atoms with E-state index in [4.69, 9.17) is 0 Å². The molecule has 0 amide bonds. The summed E-state index contributed by atoms with van der Waals surface area (Å²) in [6.45, 7) is 2.48. The van der Waals surface area contributed by atoms with Crippen LogP contribution in [-0.2, 0) is 0 Å². The summed E-state index contributed by atoms with van der Waals surface area (Å²) in [6, 6.07) is 45.7. The van der Waals surface area contributed by atoms with Crippen LogP contribution in [0.5, 0.6) is 0 Å². The molecule has 0 aliphatic heterocycles. The van der Waals surface area contributed by atoms with Gasteiger partial charge in [0.05, 0.1) is 0 Å². The van der Waals surface area contributed by atoms with E-state index >= 15 is 0 Å². The molecule has 0 radical (unpaired) electrons. The van der Waals surface area contributed by atoms with Crippen LogP contribution in [0.3, 0.4) is 0 Å². The predicted molar refractivity (Wildman–Crippen MR) is 153 cm³/mol. The molecule has 1 aliphatic rings. The van der Waals surface area contributed by atoms with Crippen molar-refractivity contribution in [2.75, 3.05) is 0 Å². The van der Waals surface area contributed by atoms with E-state index < -0.39 is 15.8 Å². The Kier molecular flexibility index (Phi) is 7.59. The van der Waals surface area contributed by atoms with Gasteiger partial charge in [0.1, 0.15) is 0 Å². The van der Waals surface area contributed by atoms with Crippen molar-refractivity contribution in [2.45, 2.75) is 49.8 Å². The summed E-state index contributed by atoms with van der Waals surface area (Å²) < 4.78 is 0. The van der Waals surface area contributed by atoms with Gasteiger partial charge in [-0.3, -0.25) is 0 Å². The molecule has 1 aliphatic carbocycles. The molecule has 172 valence electrons. The van der Waals surface area contributed by atoms with E-state index in [1.165, 1.54) is 53.3 Å². The fourth-order valence-corrected chi connectivity index (χ4v) is 13.2. The van der Waals surface area contributed by atoms with Crippen molar-refractivity contribution in [2.24, 2.45) is 0 Å². The van der Waals surface area contributed by atoms with Crippen LogP contribution in [-0.4, -0.2) is 10.8 Å². The highest BCUT2D eigenvalue weighted by atomic mass is 31.1. The van der Waals surface area contributed by atoms with Crippen LogP contribution in [0.2, 0.25) is 0 Å². The molecule has 0 spiro atoms. The lowest BCUT2D eigenvalue weighted by molar-refractivity contribution is 0.392. The van der Waals surface area contributed by atoms with Gasteiger partial charge in [-0.15, -0.1) is 0 Å². The second-order valence-electron chi connectivity index (χ2n) is 9.27. The van der Waals surface area contributed by atoms with Gasteiger partial charge in [-0.2, -0.15) is 0 Å². The first-order chi connectivity index (χ1) is 16.8. The molecule has 2 heteroatoms. The summed E-state index contributed by atoms with van der Waals surface area (Å²) in [6.07, 6.45) is 6.56. The average Bonchev–Trinajstić information content (AvgIpc) is 2.92. The zero-order valence-electron chi connectivity index (χ0n) is 20.1. The standard InChI is InChI=1S/C32H34P2/c1-2-32(34(29-21-11-5-12-22-29)30-23-13-6-14-24-30)26-16-15-25-31(32)33(27-17-7-3-8-18-27)28-19-9-4-10-20-28/h3-14,17-24,31H,2,15-16,25-26H2,1H3/t31-,32+/m1/s1. The Morgan fingerprint density at radius 3 is 1.41 bits per heavy atom. The monoisotopic (exact) mass is 480 g/mol. The fraction of sp³-hybridized carbons (Fsp3) is 0.250. The van der Waals surface area contributed by atoms with E-state index in [0.29, 0.717) is 5.66 Å². The molecule has 34 heavy (non-hydrogen) atoms. The number of hydrogen-bond donors (Lipinski definition) is 0. The maximum absolute atomic E-state index is 2.48. The minimum atomic E-state index is -0.490. The molecule has 5 rings (SSSR count). The van der Waals surface area contributed by atoms with Gasteiger partial charge in [-0.1, -0.05) is 141 Å². The average molecular weight is 481 g/mol. The first kappa shape index (κ1) is 23.5. The zero-order chi connectivity index (χ0) is 23.2. The summed E-state index contributed by atoms with van der Waals surface area (Å²) in [5.74, 6) is 0. The number of hydrogen-bond acceptors (Lipinski definition) is 0. The Morgan fingerprint density at radius 2 is 1.00 bits per heavy atom. The summed E-state index contributed by atoms with van der Waals surface area (Å²) in [5.41, 5.74) is 0.664. The molecule has 1 fully saturated rings. The summed E-state index contributed by atoms with van der Waals surface area (Å²) in [7, 11) is -0.949. The van der Waals surface area contributed by atoms with Gasteiger partial charge in [-0.25, -0.2) is 0 Å². The summed E-state index contributed by atoms with van der Waals surface area (Å²) in [5, 5.41) is 6.42. The van der Waals surface area contributed by atoms with Crippen LogP contribution in [0.1, 0.15) is 39.0 Å².